The second kappa shape index (κ2) is 8.00. The van der Waals surface area contributed by atoms with E-state index < -0.39 is 5.60 Å². The number of benzene rings is 1. The zero-order chi connectivity index (χ0) is 22.5. The molecule has 0 saturated heterocycles. The second-order valence-electron chi connectivity index (χ2n) is 10.4. The number of rotatable bonds is 4. The fourth-order valence-electron chi connectivity index (χ4n) is 7.40. The Morgan fingerprint density at radius 3 is 2.66 bits per heavy atom. The monoisotopic (exact) mass is 433 g/mol. The molecule has 4 nitrogen and oxygen atoms in total. The first-order valence-corrected chi connectivity index (χ1v) is 12.2. The van der Waals surface area contributed by atoms with Gasteiger partial charge in [0, 0.05) is 30.5 Å². The third-order valence-electron chi connectivity index (χ3n) is 9.05. The predicted molar refractivity (Wildman–Crippen MR) is 127 cm³/mol. The van der Waals surface area contributed by atoms with Crippen molar-refractivity contribution in [2.45, 2.75) is 63.4 Å². The molecule has 0 heterocycles. The Balaban J connectivity index is 1.65. The van der Waals surface area contributed by atoms with Crippen LogP contribution in [-0.2, 0) is 4.79 Å². The highest BCUT2D eigenvalue weighted by atomic mass is 16.3. The van der Waals surface area contributed by atoms with Crippen molar-refractivity contribution in [3.05, 3.63) is 64.8 Å². The summed E-state index contributed by atoms with van der Waals surface area (Å²) in [4.78, 5) is 12.2. The number of hydrogen-bond acceptors (Lipinski definition) is 4. The van der Waals surface area contributed by atoms with Gasteiger partial charge in [-0.1, -0.05) is 36.8 Å². The molecule has 2 fully saturated rings. The summed E-state index contributed by atoms with van der Waals surface area (Å²) in [5.41, 5.74) is 5.51. The van der Waals surface area contributed by atoms with Crippen LogP contribution < -0.4 is 5.32 Å². The molecule has 4 heteroatoms. The lowest BCUT2D eigenvalue weighted by molar-refractivity contribution is -0.114. The van der Waals surface area contributed by atoms with E-state index in [-0.39, 0.29) is 23.7 Å². The van der Waals surface area contributed by atoms with Crippen LogP contribution >= 0.6 is 0 Å². The Hall–Kier alpha value is -2.17. The van der Waals surface area contributed by atoms with Gasteiger partial charge in [0.05, 0.1) is 12.2 Å². The number of nitrogens with one attached hydrogen (secondary N) is 1. The molecule has 5 rings (SSSR count). The van der Waals surface area contributed by atoms with Crippen molar-refractivity contribution >= 4 is 11.5 Å². The molecule has 5 atom stereocenters. The first kappa shape index (κ1) is 21.7. The standard InChI is InChI=1S/C28H35NO3/c1-27-17-24(18-4-7-20(29-2)8-5-18)26-22-11-9-21(31)16-19(22)6-10-23(26)25(27)12-14-28(27,32)13-3-15-30/h3-5,7-8,13,16,23-25,29-30,32H,6,9-12,14-15,17H2,1-2H3/b13-3-/t23?,24?,25?,27-,28?/m0/s1. The summed E-state index contributed by atoms with van der Waals surface area (Å²) in [7, 11) is 1.94. The molecule has 32 heavy (non-hydrogen) atoms. The molecule has 0 aromatic heterocycles. The van der Waals surface area contributed by atoms with E-state index in [1.54, 1.807) is 11.6 Å². The second-order valence-corrected chi connectivity index (χ2v) is 10.4. The van der Waals surface area contributed by atoms with Crippen molar-refractivity contribution in [1.29, 1.82) is 0 Å². The van der Waals surface area contributed by atoms with Gasteiger partial charge in [0.1, 0.15) is 0 Å². The van der Waals surface area contributed by atoms with Crippen LogP contribution in [0.5, 0.6) is 0 Å². The zero-order valence-corrected chi connectivity index (χ0v) is 19.2. The van der Waals surface area contributed by atoms with E-state index in [0.29, 0.717) is 18.3 Å². The molecule has 0 amide bonds. The van der Waals surface area contributed by atoms with Gasteiger partial charge in [-0.15, -0.1) is 0 Å². The van der Waals surface area contributed by atoms with Crippen molar-refractivity contribution < 1.29 is 15.0 Å². The van der Waals surface area contributed by atoms with E-state index in [9.17, 15) is 15.0 Å². The van der Waals surface area contributed by atoms with Gasteiger partial charge in [0.2, 0.25) is 0 Å². The van der Waals surface area contributed by atoms with Gasteiger partial charge >= 0.3 is 0 Å². The van der Waals surface area contributed by atoms with Gasteiger partial charge in [0.25, 0.3) is 0 Å². The molecule has 4 aliphatic carbocycles. The van der Waals surface area contributed by atoms with E-state index >= 15 is 0 Å². The van der Waals surface area contributed by atoms with Gasteiger partial charge in [-0.3, -0.25) is 4.79 Å². The Morgan fingerprint density at radius 2 is 1.94 bits per heavy atom. The number of hydrogen-bond donors (Lipinski definition) is 3. The fourth-order valence-corrected chi connectivity index (χ4v) is 7.40. The maximum Gasteiger partial charge on any atom is 0.156 e. The highest BCUT2D eigenvalue weighted by Crippen LogP contribution is 2.67. The van der Waals surface area contributed by atoms with E-state index in [4.69, 9.17) is 0 Å². The number of carbonyl (C=O) groups excluding carboxylic acids is 1. The molecule has 3 N–H and O–H groups in total. The van der Waals surface area contributed by atoms with Crippen LogP contribution in [0.1, 0.15) is 63.4 Å². The summed E-state index contributed by atoms with van der Waals surface area (Å²) in [5.74, 6) is 1.37. The van der Waals surface area contributed by atoms with E-state index in [1.165, 1.54) is 16.7 Å². The Kier molecular flexibility index (Phi) is 5.42. The minimum atomic E-state index is -0.890. The van der Waals surface area contributed by atoms with Crippen LogP contribution in [0.2, 0.25) is 0 Å². The smallest absolute Gasteiger partial charge is 0.156 e. The Labute approximate surface area is 191 Å². The average molecular weight is 434 g/mol. The van der Waals surface area contributed by atoms with Gasteiger partial charge in [-0.05, 0) is 85.3 Å². The predicted octanol–water partition coefficient (Wildman–Crippen LogP) is 4.91. The van der Waals surface area contributed by atoms with E-state index in [1.807, 2.05) is 19.2 Å². The van der Waals surface area contributed by atoms with Crippen LogP contribution in [0.15, 0.2) is 59.2 Å². The molecule has 0 spiro atoms. The SMILES string of the molecule is CNc1ccc(C2C[C@@]3(C)C(CCC3(O)/C=C\CO)C3CCC4=CC(=O)CCC4=C23)cc1. The summed E-state index contributed by atoms with van der Waals surface area (Å²) in [6, 6.07) is 8.74. The molecule has 2 saturated carbocycles. The number of fused-ring (bicyclic) bond motifs is 4. The first-order valence-electron chi connectivity index (χ1n) is 12.2. The summed E-state index contributed by atoms with van der Waals surface area (Å²) >= 11 is 0. The molecule has 4 unspecified atom stereocenters. The fraction of sp³-hybridized carbons (Fsp3) is 0.536. The Bertz CT molecular complexity index is 1000. The topological polar surface area (TPSA) is 69.6 Å². The minimum Gasteiger partial charge on any atom is -0.392 e. The molecule has 0 aliphatic heterocycles. The lowest BCUT2D eigenvalue weighted by Gasteiger charge is -2.54. The summed E-state index contributed by atoms with van der Waals surface area (Å²) in [6.07, 6.45) is 11.6. The van der Waals surface area contributed by atoms with E-state index in [2.05, 4.69) is 36.5 Å². The maximum atomic E-state index is 12.2. The van der Waals surface area contributed by atoms with Crippen molar-refractivity contribution in [2.24, 2.45) is 17.3 Å². The van der Waals surface area contributed by atoms with Crippen molar-refractivity contribution in [3.63, 3.8) is 0 Å². The van der Waals surface area contributed by atoms with Crippen LogP contribution in [0, 0.1) is 17.3 Å². The Morgan fingerprint density at radius 1 is 1.16 bits per heavy atom. The molecule has 1 aromatic rings. The largest absolute Gasteiger partial charge is 0.392 e. The summed E-state index contributed by atoms with van der Waals surface area (Å²) < 4.78 is 0. The maximum absolute atomic E-state index is 12.2. The summed E-state index contributed by atoms with van der Waals surface area (Å²) in [6.45, 7) is 2.23. The third kappa shape index (κ3) is 3.22. The first-order chi connectivity index (χ1) is 15.4. The third-order valence-corrected chi connectivity index (χ3v) is 9.05. The molecular formula is C28H35NO3. The molecule has 4 aliphatic rings. The minimum absolute atomic E-state index is 0.0428. The number of aliphatic hydroxyl groups is 2. The average Bonchev–Trinajstić information content (AvgIpc) is 3.07. The lowest BCUT2D eigenvalue weighted by atomic mass is 9.51. The van der Waals surface area contributed by atoms with Crippen molar-refractivity contribution in [1.82, 2.24) is 0 Å². The molecule has 0 radical (unpaired) electrons. The number of anilines is 1. The van der Waals surface area contributed by atoms with Crippen molar-refractivity contribution in [2.75, 3.05) is 19.0 Å². The van der Waals surface area contributed by atoms with Crippen LogP contribution in [0.4, 0.5) is 5.69 Å². The van der Waals surface area contributed by atoms with Crippen LogP contribution in [0.25, 0.3) is 0 Å². The summed E-state index contributed by atoms with van der Waals surface area (Å²) in [5, 5.41) is 24.4. The number of ketones is 1. The van der Waals surface area contributed by atoms with Crippen LogP contribution in [-0.4, -0.2) is 35.3 Å². The number of carbonyl (C=O) groups is 1. The van der Waals surface area contributed by atoms with Gasteiger partial charge in [-0.25, -0.2) is 0 Å². The normalized spacial score (nSPS) is 36.6. The van der Waals surface area contributed by atoms with Crippen molar-refractivity contribution in [3.8, 4) is 0 Å². The lowest BCUT2D eigenvalue weighted by Crippen LogP contribution is -2.50. The highest BCUT2D eigenvalue weighted by molar-refractivity contribution is 5.93. The number of aliphatic hydroxyl groups excluding tert-OH is 1. The van der Waals surface area contributed by atoms with Crippen LogP contribution in [0.3, 0.4) is 0 Å². The van der Waals surface area contributed by atoms with E-state index in [0.717, 1.165) is 44.2 Å². The quantitative estimate of drug-likeness (QED) is 0.590. The molecular weight excluding hydrogens is 398 g/mol. The highest BCUT2D eigenvalue weighted by Gasteiger charge is 2.61. The van der Waals surface area contributed by atoms with Gasteiger partial charge in [-0.2, -0.15) is 0 Å². The van der Waals surface area contributed by atoms with Gasteiger partial charge < -0.3 is 15.5 Å². The zero-order valence-electron chi connectivity index (χ0n) is 19.2. The molecule has 1 aromatic carbocycles. The van der Waals surface area contributed by atoms with Gasteiger partial charge in [0.15, 0.2) is 5.78 Å². The molecule has 0 bridgehead atoms. The molecule has 170 valence electrons. The number of allylic oxidation sites excluding steroid dienone is 4.